The van der Waals surface area contributed by atoms with Crippen LogP contribution in [0.4, 0.5) is 0 Å². The molecule has 9 aromatic carbocycles. The van der Waals surface area contributed by atoms with Crippen molar-refractivity contribution in [2.24, 2.45) is 0 Å². The third-order valence-electron chi connectivity index (χ3n) is 12.6. The van der Waals surface area contributed by atoms with Crippen molar-refractivity contribution in [2.75, 3.05) is 0 Å². The molecule has 1 heterocycles. The minimum atomic E-state index is -0.372. The summed E-state index contributed by atoms with van der Waals surface area (Å²) in [5.41, 5.74) is 20.1. The fourth-order valence-corrected chi connectivity index (χ4v) is 9.88. The van der Waals surface area contributed by atoms with Gasteiger partial charge in [0.05, 0.1) is 5.41 Å². The Hall–Kier alpha value is -8.01. The van der Waals surface area contributed by atoms with Crippen LogP contribution in [0.1, 0.15) is 22.3 Å². The Balaban J connectivity index is 0.937. The van der Waals surface area contributed by atoms with E-state index in [0.29, 0.717) is 17.5 Å². The van der Waals surface area contributed by atoms with Gasteiger partial charge in [-0.2, -0.15) is 0 Å². The summed E-state index contributed by atoms with van der Waals surface area (Å²) in [4.78, 5) is 15.1. The molecule has 1 spiro atoms. The molecular formula is C58H37N3. The van der Waals surface area contributed by atoms with Crippen molar-refractivity contribution in [3.63, 3.8) is 0 Å². The number of fused-ring (bicyclic) bond motifs is 10. The highest BCUT2D eigenvalue weighted by molar-refractivity contribution is 6.00. The van der Waals surface area contributed by atoms with Crippen LogP contribution in [0, 0.1) is 0 Å². The van der Waals surface area contributed by atoms with Crippen molar-refractivity contribution in [1.82, 2.24) is 15.0 Å². The largest absolute Gasteiger partial charge is 0.208 e. The number of nitrogens with zero attached hydrogens (tertiary/aromatic N) is 3. The van der Waals surface area contributed by atoms with Crippen LogP contribution in [-0.2, 0) is 5.41 Å². The summed E-state index contributed by atoms with van der Waals surface area (Å²) < 4.78 is 0. The van der Waals surface area contributed by atoms with Gasteiger partial charge in [-0.25, -0.2) is 15.0 Å². The number of hydrogen-bond acceptors (Lipinski definition) is 3. The van der Waals surface area contributed by atoms with Crippen molar-refractivity contribution in [3.05, 3.63) is 247 Å². The SMILES string of the molecule is c1ccc(-c2cccc(-c3nc(-c4ccccc4)nc(-c4ccc(-c5cccc(-c6cccc7c6-c6ccccc6C76c7ccccc7-c7ccccc76)c5)cc4)n3)c2)cc1. The van der Waals surface area contributed by atoms with Gasteiger partial charge in [-0.05, 0) is 90.0 Å². The molecule has 1 aromatic heterocycles. The summed E-state index contributed by atoms with van der Waals surface area (Å²) >= 11 is 0. The molecule has 0 amide bonds. The topological polar surface area (TPSA) is 38.7 Å². The normalized spacial score (nSPS) is 12.7. The molecule has 0 radical (unpaired) electrons. The third kappa shape index (κ3) is 5.55. The van der Waals surface area contributed by atoms with Crippen LogP contribution in [0.5, 0.6) is 0 Å². The molecular weight excluding hydrogens is 739 g/mol. The standard InChI is InChI=1S/C58H37N3/c1-3-16-38(17-4-1)43-21-14-23-45(37-43)57-60-55(40-18-5-2-6-19-40)59-56(61-57)41-34-32-39(33-35-41)42-20-13-22-44(36-42)46-27-15-31-53-54(46)49-26-9-12-30-52(49)58(53)50-28-10-7-24-47(50)48-25-8-11-29-51(48)58/h1-37H. The Kier molecular flexibility index (Phi) is 8.07. The van der Waals surface area contributed by atoms with Crippen molar-refractivity contribution in [1.29, 1.82) is 0 Å². The van der Waals surface area contributed by atoms with Crippen LogP contribution in [0.25, 0.3) is 89.8 Å². The predicted octanol–water partition coefficient (Wildman–Crippen LogP) is 14.2. The van der Waals surface area contributed by atoms with E-state index in [1.165, 1.54) is 55.6 Å². The van der Waals surface area contributed by atoms with Crippen LogP contribution in [0.2, 0.25) is 0 Å². The Bertz CT molecular complexity index is 3250. The van der Waals surface area contributed by atoms with Crippen molar-refractivity contribution >= 4 is 0 Å². The summed E-state index contributed by atoms with van der Waals surface area (Å²) in [6.45, 7) is 0. The van der Waals surface area contributed by atoms with E-state index in [1.807, 2.05) is 36.4 Å². The lowest BCUT2D eigenvalue weighted by Crippen LogP contribution is -2.25. The van der Waals surface area contributed by atoms with E-state index in [9.17, 15) is 0 Å². The monoisotopic (exact) mass is 775 g/mol. The molecule has 3 nitrogen and oxygen atoms in total. The second kappa shape index (κ2) is 14.1. The zero-order valence-electron chi connectivity index (χ0n) is 33.2. The summed E-state index contributed by atoms with van der Waals surface area (Å²) in [6, 6.07) is 80.5. The molecule has 2 aliphatic carbocycles. The van der Waals surface area contributed by atoms with E-state index in [-0.39, 0.29) is 5.41 Å². The first-order valence-electron chi connectivity index (χ1n) is 20.9. The average Bonchev–Trinajstić information content (AvgIpc) is 3.82. The first kappa shape index (κ1) is 35.0. The third-order valence-corrected chi connectivity index (χ3v) is 12.6. The zero-order chi connectivity index (χ0) is 40.3. The van der Waals surface area contributed by atoms with Gasteiger partial charge in [0.15, 0.2) is 17.5 Å². The van der Waals surface area contributed by atoms with Gasteiger partial charge >= 0.3 is 0 Å². The van der Waals surface area contributed by atoms with Gasteiger partial charge in [0.2, 0.25) is 0 Å². The molecule has 2 aliphatic rings. The van der Waals surface area contributed by atoms with Crippen LogP contribution in [0.3, 0.4) is 0 Å². The Labute approximate surface area is 355 Å². The summed E-state index contributed by atoms with van der Waals surface area (Å²) in [5.74, 6) is 1.92. The minimum Gasteiger partial charge on any atom is -0.208 e. The van der Waals surface area contributed by atoms with Crippen molar-refractivity contribution in [3.8, 4) is 89.8 Å². The van der Waals surface area contributed by atoms with Gasteiger partial charge in [0, 0.05) is 16.7 Å². The molecule has 0 bridgehead atoms. The lowest BCUT2D eigenvalue weighted by Gasteiger charge is -2.30. The van der Waals surface area contributed by atoms with Crippen LogP contribution >= 0.6 is 0 Å². The van der Waals surface area contributed by atoms with Crippen LogP contribution < -0.4 is 0 Å². The molecule has 0 unspecified atom stereocenters. The number of benzene rings is 9. The highest BCUT2D eigenvalue weighted by Gasteiger charge is 2.51. The molecule has 0 saturated carbocycles. The molecule has 61 heavy (non-hydrogen) atoms. The van der Waals surface area contributed by atoms with Gasteiger partial charge in [-0.3, -0.25) is 0 Å². The van der Waals surface area contributed by atoms with E-state index < -0.39 is 0 Å². The summed E-state index contributed by atoms with van der Waals surface area (Å²) in [6.07, 6.45) is 0. The van der Waals surface area contributed by atoms with E-state index in [0.717, 1.165) is 38.9 Å². The molecule has 0 N–H and O–H groups in total. The molecule has 0 aliphatic heterocycles. The van der Waals surface area contributed by atoms with E-state index in [1.54, 1.807) is 0 Å². The van der Waals surface area contributed by atoms with Gasteiger partial charge in [0.1, 0.15) is 0 Å². The predicted molar refractivity (Wildman–Crippen MR) is 249 cm³/mol. The average molecular weight is 776 g/mol. The maximum absolute atomic E-state index is 5.08. The van der Waals surface area contributed by atoms with E-state index in [4.69, 9.17) is 15.0 Å². The van der Waals surface area contributed by atoms with Crippen molar-refractivity contribution < 1.29 is 0 Å². The summed E-state index contributed by atoms with van der Waals surface area (Å²) in [5, 5.41) is 0. The van der Waals surface area contributed by atoms with Crippen LogP contribution in [0.15, 0.2) is 224 Å². The Morgan fingerprint density at radius 3 is 1.21 bits per heavy atom. The highest BCUT2D eigenvalue weighted by Crippen LogP contribution is 2.63. The fourth-order valence-electron chi connectivity index (χ4n) is 9.88. The first-order chi connectivity index (χ1) is 30.2. The molecule has 3 heteroatoms. The molecule has 0 atom stereocenters. The highest BCUT2D eigenvalue weighted by atomic mass is 15.0. The number of hydrogen-bond donors (Lipinski definition) is 0. The van der Waals surface area contributed by atoms with Gasteiger partial charge < -0.3 is 0 Å². The lowest BCUT2D eigenvalue weighted by molar-refractivity contribution is 0.794. The maximum atomic E-state index is 5.08. The maximum Gasteiger partial charge on any atom is 0.164 e. The fraction of sp³-hybridized carbons (Fsp3) is 0.0172. The number of aromatic nitrogens is 3. The lowest BCUT2D eigenvalue weighted by atomic mass is 9.70. The van der Waals surface area contributed by atoms with Gasteiger partial charge in [-0.15, -0.1) is 0 Å². The quantitative estimate of drug-likeness (QED) is 0.169. The number of rotatable bonds is 6. The minimum absolute atomic E-state index is 0.372. The second-order valence-electron chi connectivity index (χ2n) is 15.9. The molecule has 0 saturated heterocycles. The Morgan fingerprint density at radius 1 is 0.230 bits per heavy atom. The van der Waals surface area contributed by atoms with Gasteiger partial charge in [0.25, 0.3) is 0 Å². The molecule has 284 valence electrons. The van der Waals surface area contributed by atoms with Crippen molar-refractivity contribution in [2.45, 2.75) is 5.41 Å². The molecule has 0 fully saturated rings. The van der Waals surface area contributed by atoms with Gasteiger partial charge in [-0.1, -0.05) is 212 Å². The molecule has 10 aromatic rings. The first-order valence-corrected chi connectivity index (χ1v) is 20.9. The van der Waals surface area contributed by atoms with Crippen LogP contribution in [-0.4, -0.2) is 15.0 Å². The summed E-state index contributed by atoms with van der Waals surface area (Å²) in [7, 11) is 0. The Morgan fingerprint density at radius 2 is 0.590 bits per heavy atom. The zero-order valence-corrected chi connectivity index (χ0v) is 33.2. The smallest absolute Gasteiger partial charge is 0.164 e. The molecule has 12 rings (SSSR count). The second-order valence-corrected chi connectivity index (χ2v) is 15.9. The van der Waals surface area contributed by atoms with E-state index >= 15 is 0 Å². The van der Waals surface area contributed by atoms with E-state index in [2.05, 4.69) is 188 Å².